The van der Waals surface area contributed by atoms with E-state index in [1.807, 2.05) is 19.9 Å². The molecule has 0 aliphatic carbocycles. The van der Waals surface area contributed by atoms with Gasteiger partial charge in [0.1, 0.15) is 5.75 Å². The molecule has 1 aromatic carbocycles. The summed E-state index contributed by atoms with van der Waals surface area (Å²) in [6.45, 7) is 5.91. The molecule has 9 heteroatoms. The van der Waals surface area contributed by atoms with Gasteiger partial charge in [0, 0.05) is 44.3 Å². The Balaban J connectivity index is 0.00000392. The van der Waals surface area contributed by atoms with Crippen molar-refractivity contribution in [1.82, 2.24) is 20.4 Å². The zero-order valence-corrected chi connectivity index (χ0v) is 19.4. The smallest absolute Gasteiger partial charge is 0.387 e. The summed E-state index contributed by atoms with van der Waals surface area (Å²) in [5.74, 6) is 0.840. The van der Waals surface area contributed by atoms with E-state index in [-0.39, 0.29) is 36.3 Å². The molecule has 1 atom stereocenters. The van der Waals surface area contributed by atoms with Crippen molar-refractivity contribution in [3.63, 3.8) is 0 Å². The number of hydrogen-bond acceptors (Lipinski definition) is 4. The number of aliphatic imine (C=N–C) groups is 1. The maximum atomic E-state index is 12.6. The number of guanidine groups is 1. The molecule has 0 radical (unpaired) electrons. The molecule has 0 amide bonds. The molecule has 0 aromatic heterocycles. The standard InChI is InChI=1S/C19H31F2N5O.HI/c1-5-22-19(24-12-16-13-25(3)8-9-26(16)4)23-11-15-10-14(2)6-7-17(15)27-18(20)21;/h6-7,10,16,18H,5,8-9,11-13H2,1-4H3,(H2,22,23,24);1H. The molecule has 2 N–H and O–H groups in total. The van der Waals surface area contributed by atoms with Crippen molar-refractivity contribution in [2.75, 3.05) is 46.8 Å². The van der Waals surface area contributed by atoms with Gasteiger partial charge in [-0.05, 0) is 34.0 Å². The third-order valence-corrected chi connectivity index (χ3v) is 4.67. The molecule has 1 heterocycles. The van der Waals surface area contributed by atoms with E-state index in [4.69, 9.17) is 0 Å². The second kappa shape index (κ2) is 12.4. The van der Waals surface area contributed by atoms with Gasteiger partial charge in [-0.1, -0.05) is 17.7 Å². The highest BCUT2D eigenvalue weighted by Crippen LogP contribution is 2.22. The summed E-state index contributed by atoms with van der Waals surface area (Å²) in [6, 6.07) is 5.54. The normalized spacial score (nSPS) is 18.7. The molecule has 2 rings (SSSR count). The van der Waals surface area contributed by atoms with Crippen LogP contribution in [0.25, 0.3) is 0 Å². The molecule has 1 aromatic rings. The lowest BCUT2D eigenvalue weighted by Gasteiger charge is -2.37. The highest BCUT2D eigenvalue weighted by atomic mass is 127. The Morgan fingerprint density at radius 2 is 2.04 bits per heavy atom. The van der Waals surface area contributed by atoms with E-state index in [1.54, 1.807) is 12.1 Å². The first-order valence-corrected chi connectivity index (χ1v) is 9.34. The van der Waals surface area contributed by atoms with Crippen LogP contribution in [0.5, 0.6) is 5.75 Å². The van der Waals surface area contributed by atoms with Gasteiger partial charge in [0.25, 0.3) is 0 Å². The molecule has 0 bridgehead atoms. The maximum Gasteiger partial charge on any atom is 0.387 e. The van der Waals surface area contributed by atoms with Gasteiger partial charge in [-0.25, -0.2) is 4.99 Å². The predicted octanol–water partition coefficient (Wildman–Crippen LogP) is 2.52. The molecule has 160 valence electrons. The minimum atomic E-state index is -2.85. The fourth-order valence-electron chi connectivity index (χ4n) is 3.09. The molecule has 28 heavy (non-hydrogen) atoms. The number of alkyl halides is 2. The number of halogens is 3. The minimum Gasteiger partial charge on any atom is -0.434 e. The van der Waals surface area contributed by atoms with Crippen molar-refractivity contribution in [2.45, 2.75) is 33.0 Å². The molecule has 1 unspecified atom stereocenters. The van der Waals surface area contributed by atoms with E-state index in [9.17, 15) is 8.78 Å². The Morgan fingerprint density at radius 1 is 1.29 bits per heavy atom. The van der Waals surface area contributed by atoms with E-state index in [2.05, 4.69) is 44.3 Å². The largest absolute Gasteiger partial charge is 0.434 e. The summed E-state index contributed by atoms with van der Waals surface area (Å²) in [4.78, 5) is 9.21. The van der Waals surface area contributed by atoms with Crippen molar-refractivity contribution >= 4 is 29.9 Å². The second-order valence-corrected chi connectivity index (χ2v) is 6.96. The summed E-state index contributed by atoms with van der Waals surface area (Å²) in [7, 11) is 4.26. The van der Waals surface area contributed by atoms with Crippen LogP contribution < -0.4 is 15.4 Å². The number of nitrogens with one attached hydrogen (secondary N) is 2. The van der Waals surface area contributed by atoms with Crippen LogP contribution in [-0.4, -0.2) is 75.2 Å². The van der Waals surface area contributed by atoms with Gasteiger partial charge < -0.3 is 20.3 Å². The van der Waals surface area contributed by atoms with Crippen molar-refractivity contribution in [3.8, 4) is 5.75 Å². The summed E-state index contributed by atoms with van der Waals surface area (Å²) in [6.07, 6.45) is 0. The van der Waals surface area contributed by atoms with E-state index >= 15 is 0 Å². The number of rotatable bonds is 7. The second-order valence-electron chi connectivity index (χ2n) is 6.96. The lowest BCUT2D eigenvalue weighted by Crippen LogP contribution is -2.55. The van der Waals surface area contributed by atoms with Crippen LogP contribution >= 0.6 is 24.0 Å². The molecule has 1 saturated heterocycles. The van der Waals surface area contributed by atoms with Gasteiger partial charge in [-0.3, -0.25) is 4.90 Å². The van der Waals surface area contributed by atoms with Gasteiger partial charge in [-0.2, -0.15) is 8.78 Å². The number of ether oxygens (including phenoxy) is 1. The Labute approximate surface area is 183 Å². The monoisotopic (exact) mass is 511 g/mol. The van der Waals surface area contributed by atoms with Gasteiger partial charge in [-0.15, -0.1) is 24.0 Å². The zero-order valence-electron chi connectivity index (χ0n) is 17.0. The summed E-state index contributed by atoms with van der Waals surface area (Å²) in [5, 5.41) is 6.58. The highest BCUT2D eigenvalue weighted by molar-refractivity contribution is 14.0. The van der Waals surface area contributed by atoms with Gasteiger partial charge in [0.05, 0.1) is 6.54 Å². The van der Waals surface area contributed by atoms with Crippen LogP contribution in [0.3, 0.4) is 0 Å². The molecule has 1 aliphatic heterocycles. The van der Waals surface area contributed by atoms with Gasteiger partial charge in [0.15, 0.2) is 5.96 Å². The van der Waals surface area contributed by atoms with Gasteiger partial charge in [0.2, 0.25) is 0 Å². The van der Waals surface area contributed by atoms with Crippen LogP contribution in [0.4, 0.5) is 8.78 Å². The van der Waals surface area contributed by atoms with E-state index in [0.29, 0.717) is 17.6 Å². The third kappa shape index (κ3) is 8.04. The Hall–Kier alpha value is -1.20. The first kappa shape index (κ1) is 24.8. The topological polar surface area (TPSA) is 52.1 Å². The molecule has 1 fully saturated rings. The lowest BCUT2D eigenvalue weighted by atomic mass is 10.1. The molecular weight excluding hydrogens is 479 g/mol. The predicted molar refractivity (Wildman–Crippen MR) is 120 cm³/mol. The van der Waals surface area contributed by atoms with Gasteiger partial charge >= 0.3 is 6.61 Å². The van der Waals surface area contributed by atoms with Crippen LogP contribution in [0.1, 0.15) is 18.1 Å². The van der Waals surface area contributed by atoms with Crippen molar-refractivity contribution < 1.29 is 13.5 Å². The quantitative estimate of drug-likeness (QED) is 0.335. The number of hydrogen-bond donors (Lipinski definition) is 2. The Morgan fingerprint density at radius 3 is 2.71 bits per heavy atom. The fraction of sp³-hybridized carbons (Fsp3) is 0.632. The number of aryl methyl sites for hydroxylation is 1. The van der Waals surface area contributed by atoms with E-state index < -0.39 is 6.61 Å². The van der Waals surface area contributed by atoms with Crippen molar-refractivity contribution in [1.29, 1.82) is 0 Å². The van der Waals surface area contributed by atoms with Crippen LogP contribution in [0, 0.1) is 6.92 Å². The molecular formula is C19H32F2IN5O. The molecule has 0 spiro atoms. The SMILES string of the molecule is CCNC(=NCc1cc(C)ccc1OC(F)F)NCC1CN(C)CCN1C.I. The maximum absolute atomic E-state index is 12.6. The van der Waals surface area contributed by atoms with Crippen molar-refractivity contribution in [2.24, 2.45) is 4.99 Å². The Kier molecular flexibility index (Phi) is 11.0. The summed E-state index contributed by atoms with van der Waals surface area (Å²) in [5.41, 5.74) is 1.62. The average molecular weight is 511 g/mol. The zero-order chi connectivity index (χ0) is 19.8. The molecule has 0 saturated carbocycles. The first-order valence-electron chi connectivity index (χ1n) is 9.34. The van der Waals surface area contributed by atoms with Crippen LogP contribution in [-0.2, 0) is 6.54 Å². The van der Waals surface area contributed by atoms with Crippen LogP contribution in [0.15, 0.2) is 23.2 Å². The molecule has 6 nitrogen and oxygen atoms in total. The first-order chi connectivity index (χ1) is 12.9. The number of benzene rings is 1. The third-order valence-electron chi connectivity index (χ3n) is 4.67. The Bertz CT molecular complexity index is 632. The van der Waals surface area contributed by atoms with Crippen molar-refractivity contribution in [3.05, 3.63) is 29.3 Å². The molecule has 1 aliphatic rings. The highest BCUT2D eigenvalue weighted by Gasteiger charge is 2.22. The van der Waals surface area contributed by atoms with Crippen LogP contribution in [0.2, 0.25) is 0 Å². The lowest BCUT2D eigenvalue weighted by molar-refractivity contribution is -0.0504. The van der Waals surface area contributed by atoms with E-state index in [0.717, 1.165) is 38.3 Å². The average Bonchev–Trinajstić information content (AvgIpc) is 2.61. The number of likely N-dealkylation sites (N-methyl/N-ethyl adjacent to an activating group) is 2. The summed E-state index contributed by atoms with van der Waals surface area (Å²) >= 11 is 0. The summed E-state index contributed by atoms with van der Waals surface area (Å²) < 4.78 is 29.9. The number of piperazine rings is 1. The minimum absolute atomic E-state index is 0. The number of nitrogens with zero attached hydrogens (tertiary/aromatic N) is 3. The van der Waals surface area contributed by atoms with E-state index in [1.165, 1.54) is 0 Å². The fourth-order valence-corrected chi connectivity index (χ4v) is 3.09.